The van der Waals surface area contributed by atoms with Crippen LogP contribution in [0.2, 0.25) is 0 Å². The van der Waals surface area contributed by atoms with Crippen LogP contribution >= 0.6 is 0 Å². The number of hydrogen-bond acceptors (Lipinski definition) is 3. The molecule has 0 aliphatic heterocycles. The minimum absolute atomic E-state index is 0.0344. The molecule has 6 rings (SSSR count). The Morgan fingerprint density at radius 1 is 0.871 bits per heavy atom. The lowest BCUT2D eigenvalue weighted by Gasteiger charge is -2.55. The van der Waals surface area contributed by atoms with Gasteiger partial charge in [-0.15, -0.1) is 0 Å². The van der Waals surface area contributed by atoms with Crippen molar-refractivity contribution in [3.63, 3.8) is 0 Å². The average molecular weight is 424 g/mol. The second-order valence-electron chi connectivity index (χ2n) is 10.4. The summed E-state index contributed by atoms with van der Waals surface area (Å²) in [6.45, 7) is 0.818. The Morgan fingerprint density at radius 2 is 1.48 bits per heavy atom. The third kappa shape index (κ3) is 4.63. The van der Waals surface area contributed by atoms with Crippen LogP contribution in [0, 0.1) is 23.2 Å². The van der Waals surface area contributed by atoms with Gasteiger partial charge in [-0.05, 0) is 86.8 Å². The zero-order valence-corrected chi connectivity index (χ0v) is 18.1. The van der Waals surface area contributed by atoms with Crippen molar-refractivity contribution in [1.82, 2.24) is 16.0 Å². The molecule has 0 spiro atoms. The van der Waals surface area contributed by atoms with Crippen molar-refractivity contribution in [2.45, 2.75) is 70.4 Å². The number of nitrogens with one attached hydrogen (secondary N) is 3. The van der Waals surface area contributed by atoms with Gasteiger partial charge in [0.2, 0.25) is 11.8 Å². The van der Waals surface area contributed by atoms with Crippen molar-refractivity contribution in [2.75, 3.05) is 6.54 Å². The maximum atomic E-state index is 12.9. The van der Waals surface area contributed by atoms with Crippen LogP contribution < -0.4 is 16.0 Å². The third-order valence-electron chi connectivity index (χ3n) is 7.78. The first-order chi connectivity index (χ1) is 15.0. The summed E-state index contributed by atoms with van der Waals surface area (Å²) in [7, 11) is 0. The van der Waals surface area contributed by atoms with Crippen LogP contribution in [0.3, 0.4) is 0 Å². The second-order valence-corrected chi connectivity index (χ2v) is 10.4. The van der Waals surface area contributed by atoms with E-state index in [0.717, 1.165) is 55.4 Å². The fourth-order valence-corrected chi connectivity index (χ4v) is 6.43. The lowest BCUT2D eigenvalue weighted by atomic mass is 9.49. The molecule has 0 unspecified atom stereocenters. The van der Waals surface area contributed by atoms with Gasteiger partial charge >= 0.3 is 0 Å². The van der Waals surface area contributed by atoms with E-state index in [9.17, 15) is 14.4 Å². The van der Waals surface area contributed by atoms with E-state index in [-0.39, 0.29) is 23.1 Å². The molecule has 0 saturated heterocycles. The molecule has 0 radical (unpaired) electrons. The smallest absolute Gasteiger partial charge is 0.251 e. The number of carbonyl (C=O) groups excluding carboxylic acids is 3. The number of benzene rings is 1. The molecule has 0 heterocycles. The zero-order chi connectivity index (χ0) is 21.4. The lowest BCUT2D eigenvalue weighted by Crippen LogP contribution is -2.53. The maximum absolute atomic E-state index is 12.9. The van der Waals surface area contributed by atoms with Gasteiger partial charge in [0.05, 0.1) is 0 Å². The quantitative estimate of drug-likeness (QED) is 0.601. The average Bonchev–Trinajstić information content (AvgIpc) is 3.55. The number of rotatable bonds is 8. The SMILES string of the molecule is O=C(CCNC(=O)C12CC3CC(CC(C3)C1)C2)NCc1ccc(C(=O)NC2CC2)cc1. The summed E-state index contributed by atoms with van der Waals surface area (Å²) in [5, 5.41) is 8.94. The molecule has 166 valence electrons. The number of carbonyl (C=O) groups is 3. The molecule has 1 aromatic rings. The van der Waals surface area contributed by atoms with E-state index in [0.29, 0.717) is 31.1 Å². The molecule has 5 aliphatic rings. The predicted molar refractivity (Wildman–Crippen MR) is 117 cm³/mol. The molecular formula is C25H33N3O3. The van der Waals surface area contributed by atoms with Crippen LogP contribution in [-0.4, -0.2) is 30.3 Å². The predicted octanol–water partition coefficient (Wildman–Crippen LogP) is 2.92. The van der Waals surface area contributed by atoms with Crippen LogP contribution in [0.4, 0.5) is 0 Å². The minimum atomic E-state index is -0.154. The Labute approximate surface area is 183 Å². The van der Waals surface area contributed by atoms with Crippen LogP contribution in [0.5, 0.6) is 0 Å². The van der Waals surface area contributed by atoms with Crippen molar-refractivity contribution in [2.24, 2.45) is 23.2 Å². The normalized spacial score (nSPS) is 30.6. The van der Waals surface area contributed by atoms with Crippen molar-refractivity contribution >= 4 is 17.7 Å². The summed E-state index contributed by atoms with van der Waals surface area (Å²) >= 11 is 0. The first kappa shape index (κ1) is 20.5. The molecule has 31 heavy (non-hydrogen) atoms. The van der Waals surface area contributed by atoms with Crippen molar-refractivity contribution in [3.05, 3.63) is 35.4 Å². The Hall–Kier alpha value is -2.37. The van der Waals surface area contributed by atoms with E-state index >= 15 is 0 Å². The van der Waals surface area contributed by atoms with Gasteiger partial charge in [0.1, 0.15) is 0 Å². The first-order valence-corrected chi connectivity index (χ1v) is 11.9. The summed E-state index contributed by atoms with van der Waals surface area (Å²) in [5.74, 6) is 2.30. The van der Waals surface area contributed by atoms with Crippen LogP contribution in [-0.2, 0) is 16.1 Å². The summed E-state index contributed by atoms with van der Waals surface area (Å²) in [6.07, 6.45) is 9.53. The highest BCUT2D eigenvalue weighted by Gasteiger charge is 2.54. The van der Waals surface area contributed by atoms with Gasteiger partial charge in [-0.25, -0.2) is 0 Å². The maximum Gasteiger partial charge on any atom is 0.251 e. The zero-order valence-electron chi connectivity index (χ0n) is 18.1. The van der Waals surface area contributed by atoms with E-state index in [1.54, 1.807) is 12.1 Å². The van der Waals surface area contributed by atoms with Gasteiger partial charge in [-0.3, -0.25) is 14.4 Å². The molecule has 3 N–H and O–H groups in total. The monoisotopic (exact) mass is 423 g/mol. The molecule has 4 bridgehead atoms. The van der Waals surface area contributed by atoms with Crippen molar-refractivity contribution < 1.29 is 14.4 Å². The molecule has 0 atom stereocenters. The topological polar surface area (TPSA) is 87.3 Å². The van der Waals surface area contributed by atoms with Gasteiger partial charge in [0, 0.05) is 36.5 Å². The third-order valence-corrected chi connectivity index (χ3v) is 7.78. The van der Waals surface area contributed by atoms with Gasteiger partial charge in [-0.2, -0.15) is 0 Å². The minimum Gasteiger partial charge on any atom is -0.355 e. The van der Waals surface area contributed by atoms with Gasteiger partial charge in [0.15, 0.2) is 0 Å². The fourth-order valence-electron chi connectivity index (χ4n) is 6.43. The Morgan fingerprint density at radius 3 is 2.06 bits per heavy atom. The largest absolute Gasteiger partial charge is 0.355 e. The van der Waals surface area contributed by atoms with Crippen molar-refractivity contribution in [1.29, 1.82) is 0 Å². The Balaban J connectivity index is 1.03. The number of hydrogen-bond donors (Lipinski definition) is 3. The standard InChI is InChI=1S/C25H33N3O3/c29-22(27-15-16-1-3-20(4-2-16)23(30)28-21-5-6-21)7-8-26-24(31)25-12-17-9-18(13-25)11-19(10-17)14-25/h1-4,17-19,21H,5-15H2,(H,26,31)(H,27,29)(H,28,30). The van der Waals surface area contributed by atoms with E-state index in [1.165, 1.54) is 19.3 Å². The summed E-state index contributed by atoms with van der Waals surface area (Å²) in [4.78, 5) is 37.2. The number of amides is 3. The fraction of sp³-hybridized carbons (Fsp3) is 0.640. The van der Waals surface area contributed by atoms with E-state index in [1.807, 2.05) is 12.1 Å². The molecule has 3 amide bonds. The van der Waals surface area contributed by atoms with Crippen LogP contribution in [0.15, 0.2) is 24.3 Å². The van der Waals surface area contributed by atoms with E-state index in [4.69, 9.17) is 0 Å². The van der Waals surface area contributed by atoms with Gasteiger partial charge in [0.25, 0.3) is 5.91 Å². The second kappa shape index (κ2) is 8.29. The van der Waals surface area contributed by atoms with Crippen LogP contribution in [0.25, 0.3) is 0 Å². The van der Waals surface area contributed by atoms with E-state index < -0.39 is 0 Å². The molecule has 1 aromatic carbocycles. The Kier molecular flexibility index (Phi) is 5.49. The summed E-state index contributed by atoms with van der Waals surface area (Å²) < 4.78 is 0. The molecule has 5 fully saturated rings. The molecular weight excluding hydrogens is 390 g/mol. The molecule has 5 aliphatic carbocycles. The molecule has 0 aromatic heterocycles. The highest BCUT2D eigenvalue weighted by molar-refractivity contribution is 5.94. The lowest BCUT2D eigenvalue weighted by molar-refractivity contribution is -0.146. The molecule has 6 heteroatoms. The highest BCUT2D eigenvalue weighted by Crippen LogP contribution is 2.60. The van der Waals surface area contributed by atoms with Gasteiger partial charge < -0.3 is 16.0 Å². The Bertz CT molecular complexity index is 824. The van der Waals surface area contributed by atoms with Crippen molar-refractivity contribution in [3.8, 4) is 0 Å². The van der Waals surface area contributed by atoms with E-state index in [2.05, 4.69) is 16.0 Å². The molecule has 6 nitrogen and oxygen atoms in total. The summed E-state index contributed by atoms with van der Waals surface area (Å²) in [6, 6.07) is 7.68. The van der Waals surface area contributed by atoms with Crippen LogP contribution in [0.1, 0.15) is 73.7 Å². The molecule has 5 saturated carbocycles. The summed E-state index contributed by atoms with van der Waals surface area (Å²) in [5.41, 5.74) is 1.45. The van der Waals surface area contributed by atoms with Gasteiger partial charge in [-0.1, -0.05) is 12.1 Å². The highest BCUT2D eigenvalue weighted by atomic mass is 16.2. The first-order valence-electron chi connectivity index (χ1n) is 11.9.